The number of benzene rings is 2. The van der Waals surface area contributed by atoms with E-state index in [1.165, 1.54) is 27.8 Å². The van der Waals surface area contributed by atoms with Gasteiger partial charge < -0.3 is 9.30 Å². The van der Waals surface area contributed by atoms with E-state index in [-0.39, 0.29) is 4.90 Å². The molecule has 1 aliphatic rings. The number of methoxy groups -OCH3 is 1. The molecule has 1 aliphatic heterocycles. The lowest BCUT2D eigenvalue weighted by Crippen LogP contribution is -2.35. The molecule has 9 heteroatoms. The molecule has 4 rings (SSSR count). The van der Waals surface area contributed by atoms with Crippen molar-refractivity contribution < 1.29 is 17.9 Å². The number of hydrogen-bond donors (Lipinski definition) is 0. The van der Waals surface area contributed by atoms with Crippen LogP contribution >= 0.6 is 11.3 Å². The van der Waals surface area contributed by atoms with Crippen molar-refractivity contribution in [3.05, 3.63) is 52.8 Å². The van der Waals surface area contributed by atoms with E-state index in [4.69, 9.17) is 4.74 Å². The quantitative estimate of drug-likeness (QED) is 0.541. The molecular formula is C23H27N3O4S2. The first-order chi connectivity index (χ1) is 15.4. The SMILES string of the molecule is CCCn1c(=NC(=O)c2ccc(S(=O)(=O)N3CCCCC3)cc2)sc2ccc(OC)cc21. The molecule has 32 heavy (non-hydrogen) atoms. The number of sulfonamides is 1. The van der Waals surface area contributed by atoms with Crippen LogP contribution in [0.5, 0.6) is 5.75 Å². The molecule has 3 aromatic rings. The van der Waals surface area contributed by atoms with Crippen LogP contribution in [-0.4, -0.2) is 43.4 Å². The molecular weight excluding hydrogens is 446 g/mol. The van der Waals surface area contributed by atoms with Crippen molar-refractivity contribution in [2.24, 2.45) is 4.99 Å². The maximum absolute atomic E-state index is 12.9. The van der Waals surface area contributed by atoms with Gasteiger partial charge in [-0.1, -0.05) is 24.7 Å². The Morgan fingerprint density at radius 3 is 2.47 bits per heavy atom. The smallest absolute Gasteiger partial charge is 0.279 e. The van der Waals surface area contributed by atoms with Crippen LogP contribution in [0.15, 0.2) is 52.4 Å². The minimum atomic E-state index is -3.52. The highest BCUT2D eigenvalue weighted by Gasteiger charge is 2.26. The van der Waals surface area contributed by atoms with E-state index < -0.39 is 15.9 Å². The fourth-order valence-corrected chi connectivity index (χ4v) is 6.43. The third-order valence-corrected chi connectivity index (χ3v) is 8.56. The Morgan fingerprint density at radius 1 is 1.09 bits per heavy atom. The van der Waals surface area contributed by atoms with Crippen molar-refractivity contribution in [3.63, 3.8) is 0 Å². The Morgan fingerprint density at radius 2 is 1.81 bits per heavy atom. The Kier molecular flexibility index (Phi) is 6.78. The Bertz CT molecular complexity index is 1290. The van der Waals surface area contributed by atoms with Crippen molar-refractivity contribution in [1.29, 1.82) is 0 Å². The highest BCUT2D eigenvalue weighted by atomic mass is 32.2. The first-order valence-corrected chi connectivity index (χ1v) is 13.1. The molecule has 0 aliphatic carbocycles. The summed E-state index contributed by atoms with van der Waals surface area (Å²) in [6.07, 6.45) is 3.72. The van der Waals surface area contributed by atoms with Gasteiger partial charge in [0.1, 0.15) is 5.75 Å². The predicted molar refractivity (Wildman–Crippen MR) is 126 cm³/mol. The van der Waals surface area contributed by atoms with Crippen molar-refractivity contribution >= 4 is 37.5 Å². The van der Waals surface area contributed by atoms with Gasteiger partial charge in [0, 0.05) is 31.3 Å². The summed E-state index contributed by atoms with van der Waals surface area (Å²) in [6.45, 7) is 3.90. The number of carbonyl (C=O) groups excluding carboxylic acids is 1. The molecule has 0 N–H and O–H groups in total. The highest BCUT2D eigenvalue weighted by Crippen LogP contribution is 2.24. The molecule has 1 amide bonds. The third kappa shape index (κ3) is 4.51. The largest absolute Gasteiger partial charge is 0.497 e. The minimum absolute atomic E-state index is 0.214. The first kappa shape index (κ1) is 22.7. The van der Waals surface area contributed by atoms with Crippen molar-refractivity contribution in [3.8, 4) is 5.75 Å². The monoisotopic (exact) mass is 473 g/mol. The third-order valence-electron chi connectivity index (χ3n) is 5.59. The van der Waals surface area contributed by atoms with Gasteiger partial charge >= 0.3 is 0 Å². The molecule has 2 aromatic carbocycles. The Balaban J connectivity index is 1.65. The number of nitrogens with zero attached hydrogens (tertiary/aromatic N) is 3. The molecule has 0 atom stereocenters. The average molecular weight is 474 g/mol. The number of thiazole rings is 1. The summed E-state index contributed by atoms with van der Waals surface area (Å²) in [5.74, 6) is 0.360. The second-order valence-electron chi connectivity index (χ2n) is 7.78. The zero-order valence-electron chi connectivity index (χ0n) is 18.3. The average Bonchev–Trinajstić information content (AvgIpc) is 3.16. The summed E-state index contributed by atoms with van der Waals surface area (Å²) in [7, 11) is -1.90. The van der Waals surface area contributed by atoms with E-state index in [9.17, 15) is 13.2 Å². The summed E-state index contributed by atoms with van der Waals surface area (Å²) in [4.78, 5) is 18.1. The fraction of sp³-hybridized carbons (Fsp3) is 0.391. The van der Waals surface area contributed by atoms with E-state index in [1.54, 1.807) is 19.2 Å². The Hall–Kier alpha value is -2.49. The van der Waals surface area contributed by atoms with Crippen LogP contribution in [0, 0.1) is 0 Å². The molecule has 170 valence electrons. The predicted octanol–water partition coefficient (Wildman–Crippen LogP) is 4.04. The van der Waals surface area contributed by atoms with Gasteiger partial charge in [-0.05, 0) is 55.7 Å². The van der Waals surface area contributed by atoms with Gasteiger partial charge in [-0.3, -0.25) is 4.79 Å². The maximum Gasteiger partial charge on any atom is 0.279 e. The second kappa shape index (κ2) is 9.56. The van der Waals surface area contributed by atoms with Crippen LogP contribution in [0.2, 0.25) is 0 Å². The standard InChI is InChI=1S/C23H27N3O4S2/c1-3-13-26-20-16-18(30-2)9-12-21(20)31-23(26)24-22(27)17-7-10-19(11-8-17)32(28,29)25-14-5-4-6-15-25/h7-12,16H,3-6,13-15H2,1-2H3. The Labute approximate surface area is 192 Å². The number of fused-ring (bicyclic) bond motifs is 1. The van der Waals surface area contributed by atoms with Gasteiger partial charge in [0.15, 0.2) is 4.80 Å². The van der Waals surface area contributed by atoms with Crippen molar-refractivity contribution in [1.82, 2.24) is 8.87 Å². The summed E-state index contributed by atoms with van der Waals surface area (Å²) in [6, 6.07) is 11.9. The van der Waals surface area contributed by atoms with Gasteiger partial charge in [-0.25, -0.2) is 8.42 Å². The van der Waals surface area contributed by atoms with Crippen LogP contribution in [-0.2, 0) is 16.6 Å². The molecule has 1 aromatic heterocycles. The van der Waals surface area contributed by atoms with Gasteiger partial charge in [0.25, 0.3) is 5.91 Å². The second-order valence-corrected chi connectivity index (χ2v) is 10.7. The summed E-state index contributed by atoms with van der Waals surface area (Å²) >= 11 is 1.45. The number of hydrogen-bond acceptors (Lipinski definition) is 5. The molecule has 0 spiro atoms. The van der Waals surface area contributed by atoms with Crippen LogP contribution in [0.25, 0.3) is 10.2 Å². The lowest BCUT2D eigenvalue weighted by molar-refractivity contribution is 0.0997. The van der Waals surface area contributed by atoms with Crippen LogP contribution in [0.4, 0.5) is 0 Å². The maximum atomic E-state index is 12.9. The lowest BCUT2D eigenvalue weighted by atomic mass is 10.2. The normalized spacial score (nSPS) is 15.9. The van der Waals surface area contributed by atoms with Crippen molar-refractivity contribution in [2.75, 3.05) is 20.2 Å². The van der Waals surface area contributed by atoms with E-state index in [1.807, 2.05) is 22.8 Å². The number of rotatable bonds is 6. The molecule has 1 saturated heterocycles. The number of aryl methyl sites for hydroxylation is 1. The van der Waals surface area contributed by atoms with Gasteiger partial charge in [0.05, 0.1) is 22.2 Å². The number of ether oxygens (including phenoxy) is 1. The van der Waals surface area contributed by atoms with Crippen LogP contribution in [0.3, 0.4) is 0 Å². The summed E-state index contributed by atoms with van der Waals surface area (Å²) < 4.78 is 35.6. The number of aromatic nitrogens is 1. The van der Waals surface area contributed by atoms with E-state index >= 15 is 0 Å². The molecule has 1 fully saturated rings. The van der Waals surface area contributed by atoms with E-state index in [2.05, 4.69) is 11.9 Å². The molecule has 2 heterocycles. The van der Waals surface area contributed by atoms with Gasteiger partial charge in [0.2, 0.25) is 10.0 Å². The van der Waals surface area contributed by atoms with Crippen LogP contribution < -0.4 is 9.54 Å². The van der Waals surface area contributed by atoms with Gasteiger partial charge in [-0.2, -0.15) is 9.30 Å². The van der Waals surface area contributed by atoms with E-state index in [0.717, 1.165) is 48.2 Å². The molecule has 0 bridgehead atoms. The lowest BCUT2D eigenvalue weighted by Gasteiger charge is -2.25. The topological polar surface area (TPSA) is 81.0 Å². The zero-order valence-corrected chi connectivity index (χ0v) is 19.9. The van der Waals surface area contributed by atoms with Crippen molar-refractivity contribution in [2.45, 2.75) is 44.0 Å². The van der Waals surface area contributed by atoms with E-state index in [0.29, 0.717) is 23.5 Å². The number of piperidine rings is 1. The first-order valence-electron chi connectivity index (χ1n) is 10.8. The highest BCUT2D eigenvalue weighted by molar-refractivity contribution is 7.89. The fourth-order valence-electron chi connectivity index (χ4n) is 3.88. The summed E-state index contributed by atoms with van der Waals surface area (Å²) in [5, 5.41) is 0. The molecule has 7 nitrogen and oxygen atoms in total. The molecule has 0 saturated carbocycles. The molecule has 0 radical (unpaired) electrons. The number of amides is 1. The summed E-state index contributed by atoms with van der Waals surface area (Å²) in [5.41, 5.74) is 1.34. The minimum Gasteiger partial charge on any atom is -0.497 e. The number of carbonyl (C=O) groups is 1. The van der Waals surface area contributed by atoms with Gasteiger partial charge in [-0.15, -0.1) is 0 Å². The zero-order chi connectivity index (χ0) is 22.7. The molecule has 0 unspecified atom stereocenters. The van der Waals surface area contributed by atoms with Crippen LogP contribution in [0.1, 0.15) is 43.0 Å².